The van der Waals surface area contributed by atoms with Crippen molar-refractivity contribution >= 4 is 11.6 Å². The lowest BCUT2D eigenvalue weighted by Crippen LogP contribution is -2.10. The number of halogens is 2. The van der Waals surface area contributed by atoms with Gasteiger partial charge in [0.25, 0.3) is 0 Å². The van der Waals surface area contributed by atoms with Gasteiger partial charge in [0, 0.05) is 5.38 Å². The number of rotatable bonds is 1. The van der Waals surface area contributed by atoms with Crippen LogP contribution in [0.15, 0.2) is 24.3 Å². The van der Waals surface area contributed by atoms with Crippen molar-refractivity contribution in [2.45, 2.75) is 31.1 Å². The highest BCUT2D eigenvalue weighted by molar-refractivity contribution is 6.21. The standard InChI is InChI=1S/C12H14ClF/c1-8-9(6-7-11(8)13)10-4-2-3-5-12(10)14/h2-5,8-9,11H,6-7H2,1H3. The molecule has 76 valence electrons. The lowest BCUT2D eigenvalue weighted by atomic mass is 9.90. The Bertz CT molecular complexity index is 324. The zero-order valence-electron chi connectivity index (χ0n) is 8.21. The Labute approximate surface area is 89.1 Å². The van der Waals surface area contributed by atoms with Gasteiger partial charge >= 0.3 is 0 Å². The number of benzene rings is 1. The molecule has 2 heteroatoms. The van der Waals surface area contributed by atoms with Gasteiger partial charge < -0.3 is 0 Å². The van der Waals surface area contributed by atoms with E-state index in [1.54, 1.807) is 6.07 Å². The Hall–Kier alpha value is -0.560. The van der Waals surface area contributed by atoms with Crippen LogP contribution in [0.4, 0.5) is 4.39 Å². The maximum atomic E-state index is 13.5. The van der Waals surface area contributed by atoms with Gasteiger partial charge in [0.1, 0.15) is 5.82 Å². The van der Waals surface area contributed by atoms with Crippen LogP contribution in [0, 0.1) is 11.7 Å². The molecule has 1 saturated carbocycles. The first-order valence-corrected chi connectivity index (χ1v) is 5.52. The SMILES string of the molecule is CC1C(Cl)CCC1c1ccccc1F. The van der Waals surface area contributed by atoms with Crippen molar-refractivity contribution in [3.05, 3.63) is 35.6 Å². The summed E-state index contributed by atoms with van der Waals surface area (Å²) in [6.45, 7) is 2.11. The number of hydrogen-bond acceptors (Lipinski definition) is 0. The molecule has 14 heavy (non-hydrogen) atoms. The van der Waals surface area contributed by atoms with Crippen molar-refractivity contribution < 1.29 is 4.39 Å². The molecule has 1 aromatic carbocycles. The van der Waals surface area contributed by atoms with Crippen LogP contribution < -0.4 is 0 Å². The van der Waals surface area contributed by atoms with Crippen LogP contribution in [-0.4, -0.2) is 5.38 Å². The second-order valence-electron chi connectivity index (χ2n) is 4.08. The average Bonchev–Trinajstić information content (AvgIpc) is 2.49. The summed E-state index contributed by atoms with van der Waals surface area (Å²) in [7, 11) is 0. The lowest BCUT2D eigenvalue weighted by Gasteiger charge is -2.17. The summed E-state index contributed by atoms with van der Waals surface area (Å²) in [6, 6.07) is 7.04. The maximum absolute atomic E-state index is 13.5. The molecule has 3 unspecified atom stereocenters. The monoisotopic (exact) mass is 212 g/mol. The van der Waals surface area contributed by atoms with Crippen molar-refractivity contribution in [2.75, 3.05) is 0 Å². The van der Waals surface area contributed by atoms with Crippen molar-refractivity contribution in [1.82, 2.24) is 0 Å². The molecule has 0 bridgehead atoms. The summed E-state index contributed by atoms with van der Waals surface area (Å²) in [5.74, 6) is 0.599. The molecule has 1 aliphatic carbocycles. The van der Waals surface area contributed by atoms with Crippen molar-refractivity contribution in [1.29, 1.82) is 0 Å². The van der Waals surface area contributed by atoms with E-state index in [2.05, 4.69) is 6.92 Å². The van der Waals surface area contributed by atoms with Crippen molar-refractivity contribution in [3.63, 3.8) is 0 Å². The van der Waals surface area contributed by atoms with Gasteiger partial charge in [-0.3, -0.25) is 0 Å². The lowest BCUT2D eigenvalue weighted by molar-refractivity contribution is 0.504. The quantitative estimate of drug-likeness (QED) is 0.619. The molecule has 2 rings (SSSR count). The molecule has 1 aromatic rings. The molecule has 0 nitrogen and oxygen atoms in total. The molecule has 0 N–H and O–H groups in total. The Morgan fingerprint density at radius 1 is 1.29 bits per heavy atom. The first kappa shape index (κ1) is 9.97. The molecule has 0 saturated heterocycles. The van der Waals surface area contributed by atoms with Gasteiger partial charge in [-0.1, -0.05) is 25.1 Å². The van der Waals surface area contributed by atoms with E-state index in [0.29, 0.717) is 11.8 Å². The smallest absolute Gasteiger partial charge is 0.126 e. The second kappa shape index (κ2) is 3.90. The van der Waals surface area contributed by atoms with E-state index in [9.17, 15) is 4.39 Å². The summed E-state index contributed by atoms with van der Waals surface area (Å²) in [4.78, 5) is 0. The van der Waals surface area contributed by atoms with E-state index >= 15 is 0 Å². The van der Waals surface area contributed by atoms with E-state index in [0.717, 1.165) is 18.4 Å². The van der Waals surface area contributed by atoms with Crippen molar-refractivity contribution in [3.8, 4) is 0 Å². The van der Waals surface area contributed by atoms with Gasteiger partial charge in [0.2, 0.25) is 0 Å². The number of hydrogen-bond donors (Lipinski definition) is 0. The molecule has 0 aliphatic heterocycles. The Morgan fingerprint density at radius 3 is 2.57 bits per heavy atom. The van der Waals surface area contributed by atoms with Crippen LogP contribution in [0.3, 0.4) is 0 Å². The van der Waals surface area contributed by atoms with Crippen LogP contribution in [0.25, 0.3) is 0 Å². The Balaban J connectivity index is 2.28. The topological polar surface area (TPSA) is 0 Å². The molecule has 3 atom stereocenters. The summed E-state index contributed by atoms with van der Waals surface area (Å²) in [5.41, 5.74) is 0.836. The fraction of sp³-hybridized carbons (Fsp3) is 0.500. The summed E-state index contributed by atoms with van der Waals surface area (Å²) in [6.07, 6.45) is 2.01. The average molecular weight is 213 g/mol. The molecule has 0 amide bonds. The van der Waals surface area contributed by atoms with Gasteiger partial charge in [0.15, 0.2) is 0 Å². The minimum atomic E-state index is -0.0879. The maximum Gasteiger partial charge on any atom is 0.126 e. The molecule has 0 aromatic heterocycles. The highest BCUT2D eigenvalue weighted by Crippen LogP contribution is 2.42. The van der Waals surface area contributed by atoms with Crippen LogP contribution in [0.5, 0.6) is 0 Å². The van der Waals surface area contributed by atoms with E-state index in [-0.39, 0.29) is 11.2 Å². The first-order chi connectivity index (χ1) is 6.70. The zero-order chi connectivity index (χ0) is 10.1. The third kappa shape index (κ3) is 1.66. The summed E-state index contributed by atoms with van der Waals surface area (Å²) < 4.78 is 13.5. The highest BCUT2D eigenvalue weighted by Gasteiger charge is 2.33. The predicted octanol–water partition coefficient (Wildman–Crippen LogP) is 3.95. The third-order valence-electron chi connectivity index (χ3n) is 3.26. The van der Waals surface area contributed by atoms with Crippen LogP contribution in [-0.2, 0) is 0 Å². The van der Waals surface area contributed by atoms with E-state index < -0.39 is 0 Å². The Morgan fingerprint density at radius 2 is 2.00 bits per heavy atom. The molecule has 0 heterocycles. The molecule has 1 aliphatic rings. The fourth-order valence-electron chi connectivity index (χ4n) is 2.33. The normalized spacial score (nSPS) is 32.1. The minimum Gasteiger partial charge on any atom is -0.207 e. The van der Waals surface area contributed by atoms with E-state index in [4.69, 9.17) is 11.6 Å². The van der Waals surface area contributed by atoms with Gasteiger partial charge in [-0.2, -0.15) is 0 Å². The highest BCUT2D eigenvalue weighted by atomic mass is 35.5. The van der Waals surface area contributed by atoms with E-state index in [1.807, 2.05) is 12.1 Å². The first-order valence-electron chi connectivity index (χ1n) is 5.08. The van der Waals surface area contributed by atoms with Crippen LogP contribution in [0.1, 0.15) is 31.2 Å². The van der Waals surface area contributed by atoms with Crippen molar-refractivity contribution in [2.24, 2.45) is 5.92 Å². The van der Waals surface area contributed by atoms with Gasteiger partial charge in [-0.05, 0) is 36.3 Å². The molecule has 0 spiro atoms. The van der Waals surface area contributed by atoms with Gasteiger partial charge in [-0.15, -0.1) is 11.6 Å². The minimum absolute atomic E-state index is 0.0879. The molecular formula is C12H14ClF. The molecular weight excluding hydrogens is 199 g/mol. The predicted molar refractivity (Wildman–Crippen MR) is 57.2 cm³/mol. The summed E-state index contributed by atoms with van der Waals surface area (Å²) >= 11 is 6.14. The third-order valence-corrected chi connectivity index (χ3v) is 3.88. The van der Waals surface area contributed by atoms with E-state index in [1.165, 1.54) is 6.07 Å². The van der Waals surface area contributed by atoms with Crippen LogP contribution in [0.2, 0.25) is 0 Å². The Kier molecular flexibility index (Phi) is 2.78. The van der Waals surface area contributed by atoms with Crippen LogP contribution >= 0.6 is 11.6 Å². The second-order valence-corrected chi connectivity index (χ2v) is 4.64. The largest absolute Gasteiger partial charge is 0.207 e. The van der Waals surface area contributed by atoms with Gasteiger partial charge in [0.05, 0.1) is 0 Å². The molecule has 1 fully saturated rings. The number of alkyl halides is 1. The fourth-order valence-corrected chi connectivity index (χ4v) is 2.63. The summed E-state index contributed by atoms with van der Waals surface area (Å²) in [5, 5.41) is 0.208. The van der Waals surface area contributed by atoms with Gasteiger partial charge in [-0.25, -0.2) is 4.39 Å². The zero-order valence-corrected chi connectivity index (χ0v) is 8.97. The molecule has 0 radical (unpaired) electrons.